The van der Waals surface area contributed by atoms with Gasteiger partial charge in [0.2, 0.25) is 5.91 Å². The van der Waals surface area contributed by atoms with E-state index in [1.54, 1.807) is 22.8 Å². The van der Waals surface area contributed by atoms with Crippen LogP contribution in [-0.4, -0.2) is 92.4 Å². The lowest BCUT2D eigenvalue weighted by Gasteiger charge is -2.43. The fourth-order valence-electron chi connectivity index (χ4n) is 3.37. The quantitative estimate of drug-likeness (QED) is 0.710. The molecule has 2 saturated heterocycles. The van der Waals surface area contributed by atoms with Gasteiger partial charge in [0, 0.05) is 45.3 Å². The van der Waals surface area contributed by atoms with E-state index in [0.29, 0.717) is 51.7 Å². The average molecular weight is 386 g/mol. The van der Waals surface area contributed by atoms with Gasteiger partial charge in [0.15, 0.2) is 5.82 Å². The molecule has 4 heterocycles. The van der Waals surface area contributed by atoms with Crippen LogP contribution in [0.25, 0.3) is 5.82 Å². The van der Waals surface area contributed by atoms with Crippen LogP contribution in [0, 0.1) is 5.92 Å². The van der Waals surface area contributed by atoms with Crippen LogP contribution in [0.3, 0.4) is 0 Å². The van der Waals surface area contributed by atoms with E-state index in [0.717, 1.165) is 5.82 Å². The van der Waals surface area contributed by atoms with Gasteiger partial charge in [-0.25, -0.2) is 24.4 Å². The summed E-state index contributed by atoms with van der Waals surface area (Å²) in [5.41, 5.74) is 0. The number of anilines is 1. The van der Waals surface area contributed by atoms with Crippen molar-refractivity contribution in [2.75, 3.05) is 50.8 Å². The van der Waals surface area contributed by atoms with Gasteiger partial charge in [-0.05, 0) is 6.92 Å². The van der Waals surface area contributed by atoms with Gasteiger partial charge in [-0.1, -0.05) is 0 Å². The summed E-state index contributed by atoms with van der Waals surface area (Å²) in [6.45, 7) is 5.47. The maximum Gasteiger partial charge on any atom is 0.409 e. The smallest absolute Gasteiger partial charge is 0.409 e. The summed E-state index contributed by atoms with van der Waals surface area (Å²) in [4.78, 5) is 42.4. The highest BCUT2D eigenvalue weighted by atomic mass is 16.6. The molecule has 4 rings (SSSR count). The van der Waals surface area contributed by atoms with Gasteiger partial charge in [-0.15, -0.1) is 0 Å². The molecule has 0 N–H and O–H groups in total. The molecule has 2 aliphatic rings. The summed E-state index contributed by atoms with van der Waals surface area (Å²) in [6, 6.07) is 1.83. The van der Waals surface area contributed by atoms with Crippen molar-refractivity contribution in [2.24, 2.45) is 5.92 Å². The molecule has 2 aliphatic heterocycles. The van der Waals surface area contributed by atoms with E-state index in [9.17, 15) is 9.59 Å². The molecule has 148 valence electrons. The minimum Gasteiger partial charge on any atom is -0.450 e. The molecule has 2 fully saturated rings. The fraction of sp³-hybridized carbons (Fsp3) is 0.529. The SMILES string of the molecule is CCOC(=O)N1CCN(C(=O)C2CN(c3cc(-n4cncn4)ncn3)C2)CC1. The number of piperazine rings is 1. The van der Waals surface area contributed by atoms with E-state index in [1.807, 2.05) is 15.9 Å². The lowest BCUT2D eigenvalue weighted by Crippen LogP contribution is -2.58. The second-order valence-electron chi connectivity index (χ2n) is 6.69. The van der Waals surface area contributed by atoms with Crippen LogP contribution in [0.1, 0.15) is 6.92 Å². The maximum atomic E-state index is 12.7. The number of aromatic nitrogens is 5. The summed E-state index contributed by atoms with van der Waals surface area (Å²) < 4.78 is 6.58. The van der Waals surface area contributed by atoms with E-state index in [4.69, 9.17) is 4.74 Å². The molecule has 11 heteroatoms. The van der Waals surface area contributed by atoms with Gasteiger partial charge in [0.1, 0.15) is 24.8 Å². The van der Waals surface area contributed by atoms with Crippen molar-refractivity contribution in [3.05, 3.63) is 25.0 Å². The summed E-state index contributed by atoms with van der Waals surface area (Å²) >= 11 is 0. The van der Waals surface area contributed by atoms with Crippen LogP contribution >= 0.6 is 0 Å². The zero-order valence-corrected chi connectivity index (χ0v) is 15.6. The van der Waals surface area contributed by atoms with Crippen molar-refractivity contribution >= 4 is 17.8 Å². The minimum atomic E-state index is -0.309. The van der Waals surface area contributed by atoms with Crippen molar-refractivity contribution in [3.8, 4) is 5.82 Å². The first-order valence-corrected chi connectivity index (χ1v) is 9.28. The Kier molecular flexibility index (Phi) is 5.04. The van der Waals surface area contributed by atoms with Gasteiger partial charge in [-0.2, -0.15) is 5.10 Å². The lowest BCUT2D eigenvalue weighted by molar-refractivity contribution is -0.138. The molecule has 0 aromatic carbocycles. The van der Waals surface area contributed by atoms with E-state index in [2.05, 4.69) is 20.1 Å². The molecule has 0 aliphatic carbocycles. The van der Waals surface area contributed by atoms with Gasteiger partial charge >= 0.3 is 6.09 Å². The molecule has 0 bridgehead atoms. The third-order valence-electron chi connectivity index (χ3n) is 4.96. The lowest BCUT2D eigenvalue weighted by atomic mass is 9.98. The Hall–Kier alpha value is -3.24. The molecule has 2 amide bonds. The second-order valence-corrected chi connectivity index (χ2v) is 6.69. The highest BCUT2D eigenvalue weighted by molar-refractivity contribution is 5.82. The van der Waals surface area contributed by atoms with Gasteiger partial charge in [0.25, 0.3) is 0 Å². The van der Waals surface area contributed by atoms with Crippen molar-refractivity contribution in [1.82, 2.24) is 34.5 Å². The molecule has 0 unspecified atom stereocenters. The molecular weight excluding hydrogens is 364 g/mol. The molecule has 0 saturated carbocycles. The Morgan fingerprint density at radius 1 is 1.07 bits per heavy atom. The Labute approximate surface area is 161 Å². The number of nitrogens with zero attached hydrogens (tertiary/aromatic N) is 8. The number of carbonyl (C=O) groups is 2. The first kappa shape index (κ1) is 18.1. The minimum absolute atomic E-state index is 0.0565. The Bertz CT molecular complexity index is 829. The molecule has 0 atom stereocenters. The first-order valence-electron chi connectivity index (χ1n) is 9.28. The van der Waals surface area contributed by atoms with E-state index < -0.39 is 0 Å². The van der Waals surface area contributed by atoms with E-state index >= 15 is 0 Å². The van der Waals surface area contributed by atoms with Crippen molar-refractivity contribution < 1.29 is 14.3 Å². The Morgan fingerprint density at radius 3 is 2.46 bits per heavy atom. The third kappa shape index (κ3) is 3.59. The fourth-order valence-corrected chi connectivity index (χ4v) is 3.37. The van der Waals surface area contributed by atoms with Crippen LogP contribution in [0.2, 0.25) is 0 Å². The van der Waals surface area contributed by atoms with E-state index in [-0.39, 0.29) is 17.9 Å². The van der Waals surface area contributed by atoms with E-state index in [1.165, 1.54) is 12.7 Å². The number of ether oxygens (including phenoxy) is 1. The van der Waals surface area contributed by atoms with Crippen LogP contribution in [0.5, 0.6) is 0 Å². The summed E-state index contributed by atoms with van der Waals surface area (Å²) in [6.07, 6.45) is 4.19. The molecular formula is C17H22N8O3. The summed E-state index contributed by atoms with van der Waals surface area (Å²) in [5.74, 6) is 1.47. The van der Waals surface area contributed by atoms with Crippen molar-refractivity contribution in [2.45, 2.75) is 6.92 Å². The number of hydrogen-bond acceptors (Lipinski definition) is 8. The first-order chi connectivity index (χ1) is 13.7. The highest BCUT2D eigenvalue weighted by Gasteiger charge is 2.37. The maximum absolute atomic E-state index is 12.7. The Morgan fingerprint density at radius 2 is 1.79 bits per heavy atom. The summed E-state index contributed by atoms with van der Waals surface area (Å²) in [7, 11) is 0. The van der Waals surface area contributed by atoms with Crippen LogP contribution in [-0.2, 0) is 9.53 Å². The summed E-state index contributed by atoms with van der Waals surface area (Å²) in [5, 5.41) is 4.06. The molecule has 28 heavy (non-hydrogen) atoms. The van der Waals surface area contributed by atoms with Crippen LogP contribution in [0.4, 0.5) is 10.6 Å². The predicted octanol–water partition coefficient (Wildman–Crippen LogP) is -0.206. The molecule has 2 aromatic rings. The Balaban J connectivity index is 1.29. The number of rotatable bonds is 4. The monoisotopic (exact) mass is 386 g/mol. The molecule has 11 nitrogen and oxygen atoms in total. The predicted molar refractivity (Wildman–Crippen MR) is 97.8 cm³/mol. The average Bonchev–Trinajstić information content (AvgIpc) is 3.22. The largest absolute Gasteiger partial charge is 0.450 e. The molecule has 0 spiro atoms. The van der Waals surface area contributed by atoms with Crippen molar-refractivity contribution in [3.63, 3.8) is 0 Å². The zero-order valence-electron chi connectivity index (χ0n) is 15.6. The number of carbonyl (C=O) groups excluding carboxylic acids is 2. The van der Waals surface area contributed by atoms with Crippen LogP contribution < -0.4 is 4.90 Å². The van der Waals surface area contributed by atoms with Crippen LogP contribution in [0.15, 0.2) is 25.0 Å². The number of hydrogen-bond donors (Lipinski definition) is 0. The van der Waals surface area contributed by atoms with Gasteiger partial charge in [-0.3, -0.25) is 4.79 Å². The van der Waals surface area contributed by atoms with Gasteiger partial charge in [0.05, 0.1) is 12.5 Å². The van der Waals surface area contributed by atoms with Crippen molar-refractivity contribution in [1.29, 1.82) is 0 Å². The standard InChI is InChI=1S/C17H22N8O3/c1-2-28-17(27)23-5-3-22(4-6-23)16(26)13-8-24(9-13)14-7-15(20-11-19-14)25-12-18-10-21-25/h7,10-13H,2-6,8-9H2,1H3. The molecule has 0 radical (unpaired) electrons. The number of amides is 2. The highest BCUT2D eigenvalue weighted by Crippen LogP contribution is 2.25. The third-order valence-corrected chi connectivity index (χ3v) is 4.96. The normalized spacial score (nSPS) is 17.4. The van der Waals surface area contributed by atoms with Gasteiger partial charge < -0.3 is 19.4 Å². The topological polar surface area (TPSA) is 110 Å². The molecule has 2 aromatic heterocycles. The second kappa shape index (κ2) is 7.79. The zero-order chi connectivity index (χ0) is 19.5.